The van der Waals surface area contributed by atoms with Crippen molar-refractivity contribution in [3.63, 3.8) is 0 Å². The number of hydrogen-bond donors (Lipinski definition) is 2. The minimum Gasteiger partial charge on any atom is -0.744 e. The largest absolute Gasteiger partial charge is 0.744 e. The number of rotatable bonds is 9. The maximum atomic E-state index is 10.5. The van der Waals surface area contributed by atoms with Crippen LogP contribution in [0.3, 0.4) is 0 Å². The molecule has 0 saturated heterocycles. The Bertz CT molecular complexity index is 877. The molecular weight excluding hydrogens is 496 g/mol. The van der Waals surface area contributed by atoms with Crippen molar-refractivity contribution in [1.82, 2.24) is 10.6 Å². The van der Waals surface area contributed by atoms with Crippen LogP contribution in [0, 0.1) is 0 Å². The van der Waals surface area contributed by atoms with Crippen molar-refractivity contribution in [3.8, 4) is 0 Å². The SMILES string of the molecule is CC.CC(=O)NC[N+](C)(C)CC(=O)[O-].CC(=O)NC[N+](C)(C)CC(=O)[O-].O=S(=O)([O-])c1ccccc1. The molecule has 0 bridgehead atoms. The van der Waals surface area contributed by atoms with Crippen molar-refractivity contribution in [3.05, 3.63) is 30.3 Å². The van der Waals surface area contributed by atoms with Gasteiger partial charge in [-0.1, -0.05) is 32.0 Å². The van der Waals surface area contributed by atoms with Crippen molar-refractivity contribution >= 4 is 33.9 Å². The lowest BCUT2D eigenvalue weighted by Crippen LogP contribution is -2.53. The predicted octanol–water partition coefficient (Wildman–Crippen LogP) is -2.57. The van der Waals surface area contributed by atoms with E-state index >= 15 is 0 Å². The molecule has 14 heteroatoms. The normalized spacial score (nSPS) is 10.6. The molecule has 0 saturated carbocycles. The fraction of sp³-hybridized carbons (Fsp3) is 0.545. The highest BCUT2D eigenvalue weighted by atomic mass is 32.2. The number of nitrogens with one attached hydrogen (secondary N) is 2. The number of carbonyl (C=O) groups excluding carboxylic acids is 4. The van der Waals surface area contributed by atoms with Crippen molar-refractivity contribution in [2.45, 2.75) is 32.6 Å². The first kappa shape index (κ1) is 37.5. The minimum absolute atomic E-state index is 0.111. The average Bonchev–Trinajstić information content (AvgIpc) is 2.72. The second kappa shape index (κ2) is 18.2. The first-order valence-electron chi connectivity index (χ1n) is 10.8. The maximum Gasteiger partial charge on any atom is 0.221 e. The van der Waals surface area contributed by atoms with Crippen LogP contribution in [0.25, 0.3) is 0 Å². The summed E-state index contributed by atoms with van der Waals surface area (Å²) in [6.45, 7) is 7.14. The van der Waals surface area contributed by atoms with E-state index in [2.05, 4.69) is 10.6 Å². The van der Waals surface area contributed by atoms with Crippen LogP contribution in [0.4, 0.5) is 0 Å². The number of hydrogen-bond acceptors (Lipinski definition) is 9. The predicted molar refractivity (Wildman–Crippen MR) is 127 cm³/mol. The number of amides is 2. The number of carbonyl (C=O) groups is 4. The van der Waals surface area contributed by atoms with E-state index in [-0.39, 0.29) is 38.8 Å². The number of nitrogens with zero attached hydrogens (tertiary/aromatic N) is 2. The molecule has 0 radical (unpaired) electrons. The van der Waals surface area contributed by atoms with E-state index in [0.717, 1.165) is 0 Å². The smallest absolute Gasteiger partial charge is 0.221 e. The molecule has 2 amide bonds. The fourth-order valence-electron chi connectivity index (χ4n) is 2.05. The maximum absolute atomic E-state index is 10.5. The van der Waals surface area contributed by atoms with Gasteiger partial charge in [0.2, 0.25) is 11.8 Å². The average molecular weight is 536 g/mol. The third-order valence-electron chi connectivity index (χ3n) is 3.66. The topological polar surface area (TPSA) is 196 Å². The van der Waals surface area contributed by atoms with Gasteiger partial charge in [0.1, 0.15) is 23.2 Å². The van der Waals surface area contributed by atoms with E-state index in [1.165, 1.54) is 38.1 Å². The van der Waals surface area contributed by atoms with Crippen LogP contribution in [0.1, 0.15) is 27.7 Å². The standard InChI is InChI=1S/2C7H14N2O3.C6H6O3S.C2H6/c2*1-6(10)8-5-9(2,3)4-7(11)12;7-10(8,9)6-4-2-1-3-5-6;1-2/h2*4-5H2,1-3H3,(H-,8,10,11,12);1-5H,(H,7,8,9);1-2H3/p-1. The highest BCUT2D eigenvalue weighted by Crippen LogP contribution is 2.05. The van der Waals surface area contributed by atoms with E-state index < -0.39 is 22.1 Å². The minimum atomic E-state index is -4.25. The van der Waals surface area contributed by atoms with Crippen LogP contribution in [-0.4, -0.2) is 100 Å². The van der Waals surface area contributed by atoms with Crippen molar-refractivity contribution in [1.29, 1.82) is 0 Å². The van der Waals surface area contributed by atoms with Crippen LogP contribution in [0.2, 0.25) is 0 Å². The lowest BCUT2D eigenvalue weighted by atomic mass is 10.4. The molecule has 0 atom stereocenters. The molecule has 0 fully saturated rings. The van der Waals surface area contributed by atoms with Gasteiger partial charge in [-0.2, -0.15) is 0 Å². The van der Waals surface area contributed by atoms with Gasteiger partial charge in [-0.15, -0.1) is 0 Å². The van der Waals surface area contributed by atoms with Crippen LogP contribution < -0.4 is 20.8 Å². The molecule has 36 heavy (non-hydrogen) atoms. The van der Waals surface area contributed by atoms with Crippen molar-refractivity contribution in [2.75, 3.05) is 54.6 Å². The van der Waals surface area contributed by atoms with E-state index in [9.17, 15) is 42.4 Å². The van der Waals surface area contributed by atoms with Gasteiger partial charge in [0.25, 0.3) is 0 Å². The van der Waals surface area contributed by atoms with E-state index in [1.807, 2.05) is 13.8 Å². The van der Waals surface area contributed by atoms with Gasteiger partial charge in [0.15, 0.2) is 13.3 Å². The van der Waals surface area contributed by atoms with Gasteiger partial charge in [-0.3, -0.25) is 9.59 Å². The molecule has 13 nitrogen and oxygen atoms in total. The lowest BCUT2D eigenvalue weighted by molar-refractivity contribution is -0.886. The Morgan fingerprint density at radius 1 is 0.750 bits per heavy atom. The monoisotopic (exact) mass is 535 g/mol. The summed E-state index contributed by atoms with van der Waals surface area (Å²) in [7, 11) is 2.55. The van der Waals surface area contributed by atoms with Gasteiger partial charge >= 0.3 is 0 Å². The summed E-state index contributed by atoms with van der Waals surface area (Å²) in [5.41, 5.74) is 0. The summed E-state index contributed by atoms with van der Waals surface area (Å²) in [6, 6.07) is 7.19. The summed E-state index contributed by atoms with van der Waals surface area (Å²) in [5, 5.41) is 25.5. The summed E-state index contributed by atoms with van der Waals surface area (Å²) < 4.78 is 31.2. The Hall–Kier alpha value is -3.07. The third-order valence-corrected chi connectivity index (χ3v) is 4.51. The van der Waals surface area contributed by atoms with Gasteiger partial charge in [-0.05, 0) is 12.1 Å². The van der Waals surface area contributed by atoms with E-state index in [1.54, 1.807) is 34.3 Å². The molecule has 1 aromatic rings. The summed E-state index contributed by atoms with van der Waals surface area (Å²) in [4.78, 5) is 41.2. The zero-order valence-electron chi connectivity index (χ0n) is 22.2. The Balaban J connectivity index is -0.000000439. The first-order chi connectivity index (χ1) is 16.3. The number of carboxylic acids is 2. The zero-order valence-corrected chi connectivity index (χ0v) is 23.0. The number of quaternary nitrogens is 2. The molecule has 0 unspecified atom stereocenters. The molecule has 0 aliphatic rings. The van der Waals surface area contributed by atoms with Crippen LogP contribution in [0.5, 0.6) is 0 Å². The van der Waals surface area contributed by atoms with E-state index in [0.29, 0.717) is 13.3 Å². The molecule has 0 aromatic heterocycles. The highest BCUT2D eigenvalue weighted by Gasteiger charge is 2.15. The first-order valence-corrected chi connectivity index (χ1v) is 12.2. The van der Waals surface area contributed by atoms with Gasteiger partial charge in [0.05, 0.1) is 45.0 Å². The van der Waals surface area contributed by atoms with Crippen LogP contribution >= 0.6 is 0 Å². The fourth-order valence-corrected chi connectivity index (χ4v) is 2.54. The number of aliphatic carboxylic acids is 2. The number of carboxylic acid groups (broad SMARTS) is 2. The Morgan fingerprint density at radius 3 is 1.25 bits per heavy atom. The lowest BCUT2D eigenvalue weighted by Gasteiger charge is -2.29. The summed E-state index contributed by atoms with van der Waals surface area (Å²) >= 11 is 0. The molecule has 0 spiro atoms. The number of benzene rings is 1. The quantitative estimate of drug-likeness (QED) is 0.194. The van der Waals surface area contributed by atoms with Gasteiger partial charge in [-0.25, -0.2) is 8.42 Å². The second-order valence-corrected chi connectivity index (χ2v) is 9.86. The molecule has 1 rings (SSSR count). The van der Waals surface area contributed by atoms with Crippen molar-refractivity contribution in [2.24, 2.45) is 0 Å². The molecule has 1 aromatic carbocycles. The van der Waals surface area contributed by atoms with Crippen LogP contribution in [0.15, 0.2) is 35.2 Å². The Morgan fingerprint density at radius 2 is 1.06 bits per heavy atom. The second-order valence-electron chi connectivity index (χ2n) is 8.48. The summed E-state index contributed by atoms with van der Waals surface area (Å²) in [5.74, 6) is -2.57. The molecular formula is C22H39N4O9S-. The number of likely N-dealkylation sites (N-methyl/N-ethyl adjacent to an activating group) is 2. The molecule has 0 heterocycles. The van der Waals surface area contributed by atoms with Crippen LogP contribution in [-0.2, 0) is 29.3 Å². The van der Waals surface area contributed by atoms with Crippen molar-refractivity contribution < 1.29 is 51.3 Å². The summed E-state index contributed by atoms with van der Waals surface area (Å²) in [6.07, 6.45) is 0. The highest BCUT2D eigenvalue weighted by molar-refractivity contribution is 7.85. The molecule has 2 N–H and O–H groups in total. The van der Waals surface area contributed by atoms with E-state index in [4.69, 9.17) is 0 Å². The van der Waals surface area contributed by atoms with Gasteiger partial charge in [0, 0.05) is 13.8 Å². The Kier molecular flexibility index (Phi) is 19.0. The molecule has 0 aliphatic carbocycles. The molecule has 0 aliphatic heterocycles. The molecule has 208 valence electrons. The Labute approximate surface area is 213 Å². The third kappa shape index (κ3) is 25.6. The van der Waals surface area contributed by atoms with Gasteiger partial charge < -0.3 is 44.0 Å². The zero-order chi connectivity index (χ0) is 29.2.